The second kappa shape index (κ2) is 8.18. The summed E-state index contributed by atoms with van der Waals surface area (Å²) in [4.78, 5) is 8.54. The van der Waals surface area contributed by atoms with Crippen molar-refractivity contribution < 1.29 is 13.2 Å². The van der Waals surface area contributed by atoms with Gasteiger partial charge in [0.25, 0.3) is 0 Å². The highest BCUT2D eigenvalue weighted by molar-refractivity contribution is 7.89. The zero-order chi connectivity index (χ0) is 21.3. The van der Waals surface area contributed by atoms with Crippen molar-refractivity contribution in [1.29, 1.82) is 0 Å². The van der Waals surface area contributed by atoms with E-state index >= 15 is 0 Å². The number of aromatic nitrogens is 4. The van der Waals surface area contributed by atoms with Crippen molar-refractivity contribution in [2.75, 3.05) is 6.61 Å². The smallest absolute Gasteiger partial charge is 0.245 e. The molecule has 4 aromatic rings. The predicted octanol–water partition coefficient (Wildman–Crippen LogP) is 2.62. The lowest BCUT2D eigenvalue weighted by atomic mass is 10.1. The first-order chi connectivity index (χ1) is 15.1. The molecule has 2 aromatic heterocycles. The highest BCUT2D eigenvalue weighted by Crippen LogP contribution is 2.29. The van der Waals surface area contributed by atoms with Crippen molar-refractivity contribution in [1.82, 2.24) is 24.1 Å². The van der Waals surface area contributed by atoms with Crippen LogP contribution in [0.3, 0.4) is 0 Å². The van der Waals surface area contributed by atoms with Crippen LogP contribution in [-0.4, -0.2) is 45.1 Å². The summed E-state index contributed by atoms with van der Waals surface area (Å²) >= 11 is 0. The number of fused-ring (bicyclic) bond motifs is 2. The van der Waals surface area contributed by atoms with Crippen LogP contribution in [0.1, 0.15) is 11.1 Å². The quantitative estimate of drug-likeness (QED) is 0.490. The lowest BCUT2D eigenvalue weighted by Crippen LogP contribution is -2.46. The van der Waals surface area contributed by atoms with Crippen LogP contribution in [-0.2, 0) is 34.5 Å². The summed E-state index contributed by atoms with van der Waals surface area (Å²) in [6.07, 6.45) is 4.63. The lowest BCUT2D eigenvalue weighted by Gasteiger charge is -2.33. The molecular formula is C22H21N5O3S. The molecule has 1 aliphatic heterocycles. The van der Waals surface area contributed by atoms with Crippen molar-refractivity contribution >= 4 is 20.9 Å². The first kappa shape index (κ1) is 19.8. The maximum Gasteiger partial charge on any atom is 0.245 e. The standard InChI is InChI=1S/C22H21N5O3S/c28-31(29,21-9-3-7-17-8-4-10-24-22(17)21)27-11-18-5-1-2-6-19(18)13-30-14-20(27)12-26-16-23-15-25-26/h1-10,15-16,20H,11-14H2/t20-/m1/s1. The number of pyridine rings is 1. The van der Waals surface area contributed by atoms with E-state index in [1.165, 1.54) is 10.6 Å². The second-order valence-corrected chi connectivity index (χ2v) is 9.30. The molecule has 8 nitrogen and oxygen atoms in total. The van der Waals surface area contributed by atoms with Crippen LogP contribution in [0.5, 0.6) is 0 Å². The fraction of sp³-hybridized carbons (Fsp3) is 0.227. The SMILES string of the molecule is O=S(=O)(c1cccc2cccnc12)N1Cc2ccccc2COC[C@H]1Cn1cncn1. The summed E-state index contributed by atoms with van der Waals surface area (Å²) in [7, 11) is -3.89. The van der Waals surface area contributed by atoms with E-state index in [1.54, 1.807) is 35.4 Å². The van der Waals surface area contributed by atoms with E-state index in [0.717, 1.165) is 16.5 Å². The van der Waals surface area contributed by atoms with Gasteiger partial charge < -0.3 is 4.74 Å². The van der Waals surface area contributed by atoms with Gasteiger partial charge in [-0.25, -0.2) is 13.4 Å². The maximum absolute atomic E-state index is 14.0. The van der Waals surface area contributed by atoms with E-state index in [0.29, 0.717) is 18.7 Å². The Balaban J connectivity index is 1.63. The van der Waals surface area contributed by atoms with E-state index in [2.05, 4.69) is 15.1 Å². The minimum absolute atomic E-state index is 0.187. The van der Waals surface area contributed by atoms with Crippen LogP contribution >= 0.6 is 0 Å². The number of hydrogen-bond donors (Lipinski definition) is 0. The van der Waals surface area contributed by atoms with Gasteiger partial charge >= 0.3 is 0 Å². The molecule has 0 unspecified atom stereocenters. The van der Waals surface area contributed by atoms with Gasteiger partial charge in [0.15, 0.2) is 0 Å². The second-order valence-electron chi connectivity index (χ2n) is 7.44. The number of hydrogen-bond acceptors (Lipinski definition) is 6. The van der Waals surface area contributed by atoms with Gasteiger partial charge in [-0.2, -0.15) is 9.40 Å². The molecule has 0 N–H and O–H groups in total. The van der Waals surface area contributed by atoms with E-state index in [9.17, 15) is 8.42 Å². The summed E-state index contributed by atoms with van der Waals surface area (Å²) in [5.41, 5.74) is 2.36. The minimum Gasteiger partial charge on any atom is -0.375 e. The largest absolute Gasteiger partial charge is 0.375 e. The molecule has 0 amide bonds. The number of benzene rings is 2. The molecule has 0 saturated heterocycles. The fourth-order valence-corrected chi connectivity index (χ4v) is 5.66. The predicted molar refractivity (Wildman–Crippen MR) is 114 cm³/mol. The van der Waals surface area contributed by atoms with Gasteiger partial charge in [0.1, 0.15) is 17.6 Å². The van der Waals surface area contributed by atoms with Crippen LogP contribution in [0.4, 0.5) is 0 Å². The van der Waals surface area contributed by atoms with Crippen LogP contribution in [0, 0.1) is 0 Å². The third-order valence-electron chi connectivity index (χ3n) is 5.47. The van der Waals surface area contributed by atoms with Gasteiger partial charge in [0.2, 0.25) is 10.0 Å². The molecule has 0 bridgehead atoms. The maximum atomic E-state index is 14.0. The molecule has 5 rings (SSSR count). The Kier molecular flexibility index (Phi) is 5.23. The minimum atomic E-state index is -3.89. The molecule has 2 aromatic carbocycles. The first-order valence-electron chi connectivity index (χ1n) is 9.95. The van der Waals surface area contributed by atoms with Crippen LogP contribution in [0.25, 0.3) is 10.9 Å². The number of para-hydroxylation sites is 1. The van der Waals surface area contributed by atoms with Gasteiger partial charge in [-0.15, -0.1) is 0 Å². The number of ether oxygens (including phenoxy) is 1. The summed E-state index contributed by atoms with van der Waals surface area (Å²) in [6.45, 7) is 1.25. The third kappa shape index (κ3) is 3.83. The Labute approximate surface area is 180 Å². The van der Waals surface area contributed by atoms with Crippen LogP contribution in [0.15, 0.2) is 78.3 Å². The molecule has 0 aliphatic carbocycles. The summed E-state index contributed by atoms with van der Waals surface area (Å²) in [5, 5.41) is 4.94. The summed E-state index contributed by atoms with van der Waals surface area (Å²) in [5.74, 6) is 0. The first-order valence-corrected chi connectivity index (χ1v) is 11.4. The highest BCUT2D eigenvalue weighted by Gasteiger charge is 2.35. The van der Waals surface area contributed by atoms with E-state index in [-0.39, 0.29) is 18.0 Å². The average Bonchev–Trinajstić information content (AvgIpc) is 3.29. The Morgan fingerprint density at radius 2 is 1.87 bits per heavy atom. The summed E-state index contributed by atoms with van der Waals surface area (Å²) < 4.78 is 37.1. The third-order valence-corrected chi connectivity index (χ3v) is 7.40. The number of sulfonamides is 1. The molecule has 1 atom stereocenters. The van der Waals surface area contributed by atoms with Gasteiger partial charge in [-0.05, 0) is 23.3 Å². The normalized spacial score (nSPS) is 17.7. The summed E-state index contributed by atoms with van der Waals surface area (Å²) in [6, 6.07) is 16.2. The molecular weight excluding hydrogens is 414 g/mol. The van der Waals surface area contributed by atoms with Gasteiger partial charge in [0, 0.05) is 18.1 Å². The molecule has 158 valence electrons. The number of nitrogens with zero attached hydrogens (tertiary/aromatic N) is 5. The van der Waals surface area contributed by atoms with Crippen molar-refractivity contribution in [2.24, 2.45) is 0 Å². The molecule has 9 heteroatoms. The van der Waals surface area contributed by atoms with Crippen molar-refractivity contribution in [3.05, 3.63) is 84.6 Å². The monoisotopic (exact) mass is 435 g/mol. The van der Waals surface area contributed by atoms with Gasteiger partial charge in [-0.3, -0.25) is 9.67 Å². The Morgan fingerprint density at radius 1 is 1.03 bits per heavy atom. The molecule has 0 spiro atoms. The lowest BCUT2D eigenvalue weighted by molar-refractivity contribution is 0.0599. The Bertz CT molecular complexity index is 1300. The molecule has 1 aliphatic rings. The van der Waals surface area contributed by atoms with Crippen molar-refractivity contribution in [2.45, 2.75) is 30.6 Å². The molecule has 31 heavy (non-hydrogen) atoms. The molecule has 0 saturated carbocycles. The van der Waals surface area contributed by atoms with E-state index in [4.69, 9.17) is 4.74 Å². The molecule has 0 fully saturated rings. The Morgan fingerprint density at radius 3 is 2.71 bits per heavy atom. The molecule has 0 radical (unpaired) electrons. The van der Waals surface area contributed by atoms with Gasteiger partial charge in [-0.1, -0.05) is 42.5 Å². The average molecular weight is 436 g/mol. The molecule has 3 heterocycles. The van der Waals surface area contributed by atoms with Crippen LogP contribution in [0.2, 0.25) is 0 Å². The highest BCUT2D eigenvalue weighted by atomic mass is 32.2. The van der Waals surface area contributed by atoms with Crippen molar-refractivity contribution in [3.8, 4) is 0 Å². The topological polar surface area (TPSA) is 90.2 Å². The van der Waals surface area contributed by atoms with Gasteiger partial charge in [0.05, 0.1) is 31.3 Å². The Hall–Kier alpha value is -3.14. The van der Waals surface area contributed by atoms with E-state index in [1.807, 2.05) is 36.4 Å². The zero-order valence-corrected chi connectivity index (χ0v) is 17.5. The fourth-order valence-electron chi connectivity index (χ4n) is 3.92. The van der Waals surface area contributed by atoms with E-state index < -0.39 is 16.1 Å². The zero-order valence-electron chi connectivity index (χ0n) is 16.7. The van der Waals surface area contributed by atoms with Crippen molar-refractivity contribution in [3.63, 3.8) is 0 Å². The number of rotatable bonds is 4. The van der Waals surface area contributed by atoms with Crippen LogP contribution < -0.4 is 0 Å².